The van der Waals surface area contributed by atoms with Crippen molar-refractivity contribution in [2.45, 2.75) is 6.92 Å². The Balaban J connectivity index is 2.00. The molecule has 0 N–H and O–H groups in total. The van der Waals surface area contributed by atoms with E-state index in [-0.39, 0.29) is 0 Å². The molecule has 1 aromatic carbocycles. The van der Waals surface area contributed by atoms with Crippen molar-refractivity contribution in [2.75, 3.05) is 0 Å². The molecule has 4 heteroatoms. The van der Waals surface area contributed by atoms with E-state index in [9.17, 15) is 0 Å². The highest BCUT2D eigenvalue weighted by Gasteiger charge is 2.08. The van der Waals surface area contributed by atoms with Crippen molar-refractivity contribution < 1.29 is 0 Å². The minimum absolute atomic E-state index is 0.936. The van der Waals surface area contributed by atoms with Gasteiger partial charge >= 0.3 is 0 Å². The Kier molecular flexibility index (Phi) is 3.44. The molecule has 19 heavy (non-hydrogen) atoms. The topological polar surface area (TPSA) is 25.8 Å². The lowest BCUT2D eigenvalue weighted by molar-refractivity contribution is 1.26. The molecule has 0 aliphatic rings. The Bertz CT molecular complexity index is 661. The fraction of sp³-hybridized carbons (Fsp3) is 0.0667. The van der Waals surface area contributed by atoms with Gasteiger partial charge in [0.2, 0.25) is 0 Å². The lowest BCUT2D eigenvalue weighted by Crippen LogP contribution is -1.84. The summed E-state index contributed by atoms with van der Waals surface area (Å²) in [5, 5.41) is 3.03. The first-order valence-corrected chi connectivity index (χ1v) is 7.54. The summed E-state index contributed by atoms with van der Waals surface area (Å²) in [5.41, 5.74) is 4.24. The smallest absolute Gasteiger partial charge is 0.142 e. The Morgan fingerprint density at radius 2 is 2.00 bits per heavy atom. The van der Waals surface area contributed by atoms with Crippen molar-refractivity contribution in [3.8, 4) is 22.0 Å². The third-order valence-electron chi connectivity index (χ3n) is 2.76. The Labute approximate surface area is 124 Å². The highest BCUT2D eigenvalue weighted by Crippen LogP contribution is 2.29. The van der Waals surface area contributed by atoms with E-state index >= 15 is 0 Å². The number of thiazole rings is 1. The molecular weight excluding hydrogens is 320 g/mol. The number of nitrogens with zero attached hydrogens (tertiary/aromatic N) is 2. The molecule has 3 rings (SSSR count). The van der Waals surface area contributed by atoms with Crippen LogP contribution in [0.25, 0.3) is 22.0 Å². The molecule has 94 valence electrons. The minimum Gasteiger partial charge on any atom is -0.254 e. The molecule has 0 aliphatic carbocycles. The first-order valence-electron chi connectivity index (χ1n) is 5.87. The summed E-state index contributed by atoms with van der Waals surface area (Å²) >= 11 is 5.11. The third kappa shape index (κ3) is 2.74. The summed E-state index contributed by atoms with van der Waals surface area (Å²) in [6.45, 7) is 2.06. The maximum Gasteiger partial charge on any atom is 0.142 e. The summed E-state index contributed by atoms with van der Waals surface area (Å²) in [5.74, 6) is 0. The molecule has 3 aromatic rings. The van der Waals surface area contributed by atoms with Crippen LogP contribution in [0.5, 0.6) is 0 Å². The van der Waals surface area contributed by atoms with Crippen LogP contribution in [-0.2, 0) is 0 Å². The fourth-order valence-corrected chi connectivity index (χ4v) is 3.02. The monoisotopic (exact) mass is 330 g/mol. The SMILES string of the molecule is Cc1ccnc(-c2nc(-c3cccc(Br)c3)cs2)c1. The van der Waals surface area contributed by atoms with E-state index in [2.05, 4.69) is 56.4 Å². The van der Waals surface area contributed by atoms with Crippen molar-refractivity contribution in [3.05, 3.63) is 58.0 Å². The van der Waals surface area contributed by atoms with Crippen molar-refractivity contribution in [1.29, 1.82) is 0 Å². The van der Waals surface area contributed by atoms with Crippen LogP contribution in [0, 0.1) is 6.92 Å². The average Bonchev–Trinajstić information content (AvgIpc) is 2.88. The molecule has 0 amide bonds. The number of aromatic nitrogens is 2. The van der Waals surface area contributed by atoms with Gasteiger partial charge in [0.1, 0.15) is 5.01 Å². The van der Waals surface area contributed by atoms with E-state index in [1.165, 1.54) is 5.56 Å². The van der Waals surface area contributed by atoms with Gasteiger partial charge in [-0.3, -0.25) is 4.98 Å². The standard InChI is InChI=1S/C15H11BrN2S/c1-10-5-6-17-13(7-10)15-18-14(9-19-15)11-3-2-4-12(16)8-11/h2-9H,1H3. The van der Waals surface area contributed by atoms with Crippen molar-refractivity contribution in [2.24, 2.45) is 0 Å². The van der Waals surface area contributed by atoms with Crippen LogP contribution in [0.1, 0.15) is 5.56 Å². The quantitative estimate of drug-likeness (QED) is 0.664. The molecule has 0 bridgehead atoms. The molecule has 0 saturated heterocycles. The van der Waals surface area contributed by atoms with Gasteiger partial charge in [-0.05, 0) is 36.8 Å². The third-order valence-corrected chi connectivity index (χ3v) is 4.12. The number of halogens is 1. The van der Waals surface area contributed by atoms with E-state index in [4.69, 9.17) is 0 Å². The first kappa shape index (κ1) is 12.5. The van der Waals surface area contributed by atoms with Crippen LogP contribution >= 0.6 is 27.3 Å². The largest absolute Gasteiger partial charge is 0.254 e. The summed E-state index contributed by atoms with van der Waals surface area (Å²) in [4.78, 5) is 9.04. The number of hydrogen-bond donors (Lipinski definition) is 0. The van der Waals surface area contributed by atoms with E-state index in [1.54, 1.807) is 11.3 Å². The molecule has 0 unspecified atom stereocenters. The first-order chi connectivity index (χ1) is 9.22. The van der Waals surface area contributed by atoms with E-state index in [0.717, 1.165) is 26.4 Å². The zero-order chi connectivity index (χ0) is 13.2. The summed E-state index contributed by atoms with van der Waals surface area (Å²) in [6, 6.07) is 12.2. The highest BCUT2D eigenvalue weighted by molar-refractivity contribution is 9.10. The summed E-state index contributed by atoms with van der Waals surface area (Å²) in [6.07, 6.45) is 1.82. The summed E-state index contributed by atoms with van der Waals surface area (Å²) in [7, 11) is 0. The van der Waals surface area contributed by atoms with Crippen LogP contribution in [-0.4, -0.2) is 9.97 Å². The molecule has 2 nitrogen and oxygen atoms in total. The Morgan fingerprint density at radius 1 is 1.11 bits per heavy atom. The molecular formula is C15H11BrN2S. The van der Waals surface area contributed by atoms with Crippen molar-refractivity contribution in [1.82, 2.24) is 9.97 Å². The van der Waals surface area contributed by atoms with E-state index in [1.807, 2.05) is 24.4 Å². The van der Waals surface area contributed by atoms with Crippen LogP contribution in [0.3, 0.4) is 0 Å². The van der Waals surface area contributed by atoms with Gasteiger partial charge < -0.3 is 0 Å². The normalized spacial score (nSPS) is 10.6. The second-order valence-electron chi connectivity index (χ2n) is 4.27. The van der Waals surface area contributed by atoms with Gasteiger partial charge in [-0.2, -0.15) is 0 Å². The molecule has 2 aromatic heterocycles. The van der Waals surface area contributed by atoms with E-state index in [0.29, 0.717) is 0 Å². The Hall–Kier alpha value is -1.52. The predicted octanol–water partition coefficient (Wildman–Crippen LogP) is 4.94. The zero-order valence-electron chi connectivity index (χ0n) is 10.3. The molecule has 0 radical (unpaired) electrons. The van der Waals surface area contributed by atoms with Gasteiger partial charge in [-0.15, -0.1) is 11.3 Å². The average molecular weight is 331 g/mol. The predicted molar refractivity (Wildman–Crippen MR) is 83.2 cm³/mol. The molecule has 2 heterocycles. The Morgan fingerprint density at radius 3 is 2.79 bits per heavy atom. The van der Waals surface area contributed by atoms with Crippen molar-refractivity contribution >= 4 is 27.3 Å². The lowest BCUT2D eigenvalue weighted by Gasteiger charge is -1.98. The van der Waals surface area contributed by atoms with Crippen molar-refractivity contribution in [3.63, 3.8) is 0 Å². The number of benzene rings is 1. The zero-order valence-corrected chi connectivity index (χ0v) is 12.7. The number of hydrogen-bond acceptors (Lipinski definition) is 3. The highest BCUT2D eigenvalue weighted by atomic mass is 79.9. The maximum absolute atomic E-state index is 4.67. The lowest BCUT2D eigenvalue weighted by atomic mass is 10.2. The number of pyridine rings is 1. The molecule has 0 fully saturated rings. The van der Waals surface area contributed by atoms with Gasteiger partial charge in [-0.25, -0.2) is 4.98 Å². The van der Waals surface area contributed by atoms with Gasteiger partial charge in [0.05, 0.1) is 11.4 Å². The van der Waals surface area contributed by atoms with Gasteiger partial charge in [0.25, 0.3) is 0 Å². The van der Waals surface area contributed by atoms with Crippen LogP contribution in [0.2, 0.25) is 0 Å². The van der Waals surface area contributed by atoms with Crippen LogP contribution < -0.4 is 0 Å². The molecule has 0 spiro atoms. The summed E-state index contributed by atoms with van der Waals surface area (Å²) < 4.78 is 1.06. The second kappa shape index (κ2) is 5.23. The van der Waals surface area contributed by atoms with Gasteiger partial charge in [-0.1, -0.05) is 28.1 Å². The van der Waals surface area contributed by atoms with Crippen LogP contribution in [0.15, 0.2) is 52.4 Å². The van der Waals surface area contributed by atoms with Crippen LogP contribution in [0.4, 0.5) is 0 Å². The second-order valence-corrected chi connectivity index (χ2v) is 6.04. The molecule has 0 atom stereocenters. The van der Waals surface area contributed by atoms with Gasteiger partial charge in [0, 0.05) is 21.6 Å². The minimum atomic E-state index is 0.936. The van der Waals surface area contributed by atoms with E-state index < -0.39 is 0 Å². The maximum atomic E-state index is 4.67. The molecule has 0 aliphatic heterocycles. The number of rotatable bonds is 2. The fourth-order valence-electron chi connectivity index (χ4n) is 1.82. The molecule has 0 saturated carbocycles. The number of aryl methyl sites for hydroxylation is 1. The van der Waals surface area contributed by atoms with Gasteiger partial charge in [0.15, 0.2) is 0 Å².